The lowest BCUT2D eigenvalue weighted by Gasteiger charge is -2.11. The van der Waals surface area contributed by atoms with Crippen LogP contribution in [0.5, 0.6) is 0 Å². The van der Waals surface area contributed by atoms with Crippen molar-refractivity contribution in [1.82, 2.24) is 9.97 Å². The van der Waals surface area contributed by atoms with E-state index in [2.05, 4.69) is 69.1 Å². The first kappa shape index (κ1) is 15.7. The topological polar surface area (TPSA) is 25.8 Å². The predicted molar refractivity (Wildman–Crippen MR) is 97.7 cm³/mol. The van der Waals surface area contributed by atoms with Gasteiger partial charge in [0.2, 0.25) is 0 Å². The Labute approximate surface area is 138 Å². The molecule has 0 saturated heterocycles. The van der Waals surface area contributed by atoms with Crippen LogP contribution in [0.2, 0.25) is 0 Å². The number of hydrogen-bond acceptors (Lipinski definition) is 2. The molecule has 3 rings (SSSR count). The van der Waals surface area contributed by atoms with Gasteiger partial charge in [0.05, 0.1) is 11.2 Å². The van der Waals surface area contributed by atoms with Gasteiger partial charge in [-0.05, 0) is 56.9 Å². The number of aromatic nitrogens is 2. The summed E-state index contributed by atoms with van der Waals surface area (Å²) in [6.45, 7) is 10.7. The molecule has 0 atom stereocenters. The lowest BCUT2D eigenvalue weighted by molar-refractivity contribution is 0.647. The van der Waals surface area contributed by atoms with Crippen LogP contribution in [0.15, 0.2) is 36.4 Å². The van der Waals surface area contributed by atoms with Crippen LogP contribution in [0.3, 0.4) is 0 Å². The minimum absolute atomic E-state index is 0.647. The molecule has 3 aromatic rings. The van der Waals surface area contributed by atoms with Gasteiger partial charge in [-0.25, -0.2) is 9.97 Å². The first-order valence-corrected chi connectivity index (χ1v) is 8.28. The Hall–Kier alpha value is -2.22. The standard InChI is InChI=1S/C21H24N2/c1-13(2)8-17-6-7-19-20(12-17)22-16(5)23-21(19)18-10-14(3)9-15(4)11-18/h6-7,9-13H,8H2,1-5H3. The maximum Gasteiger partial charge on any atom is 0.126 e. The van der Waals surface area contributed by atoms with Crippen LogP contribution in [0, 0.1) is 26.7 Å². The molecule has 118 valence electrons. The summed E-state index contributed by atoms with van der Waals surface area (Å²) in [5.74, 6) is 1.47. The van der Waals surface area contributed by atoms with Crippen LogP contribution in [0.25, 0.3) is 22.2 Å². The smallest absolute Gasteiger partial charge is 0.126 e. The lowest BCUT2D eigenvalue weighted by Crippen LogP contribution is -1.98. The van der Waals surface area contributed by atoms with Crippen molar-refractivity contribution in [1.29, 1.82) is 0 Å². The highest BCUT2D eigenvalue weighted by Gasteiger charge is 2.10. The second kappa shape index (κ2) is 6.11. The Morgan fingerprint density at radius 2 is 1.57 bits per heavy atom. The Morgan fingerprint density at radius 3 is 2.22 bits per heavy atom. The zero-order valence-corrected chi connectivity index (χ0v) is 14.6. The average molecular weight is 304 g/mol. The summed E-state index contributed by atoms with van der Waals surface area (Å²) in [5, 5.41) is 1.13. The molecule has 2 aromatic carbocycles. The van der Waals surface area contributed by atoms with Crippen LogP contribution in [-0.2, 0) is 6.42 Å². The van der Waals surface area contributed by atoms with E-state index < -0.39 is 0 Å². The third-order valence-electron chi connectivity index (χ3n) is 4.01. The fraction of sp³-hybridized carbons (Fsp3) is 0.333. The number of hydrogen-bond donors (Lipinski definition) is 0. The molecular formula is C21H24N2. The molecule has 0 radical (unpaired) electrons. The maximum absolute atomic E-state index is 4.73. The molecule has 0 aliphatic carbocycles. The van der Waals surface area contributed by atoms with Gasteiger partial charge in [-0.2, -0.15) is 0 Å². The van der Waals surface area contributed by atoms with Crippen molar-refractivity contribution in [2.45, 2.75) is 41.0 Å². The quantitative estimate of drug-likeness (QED) is 0.645. The normalized spacial score (nSPS) is 11.4. The van der Waals surface area contributed by atoms with Gasteiger partial charge in [-0.15, -0.1) is 0 Å². The fourth-order valence-electron chi connectivity index (χ4n) is 3.22. The van der Waals surface area contributed by atoms with E-state index in [4.69, 9.17) is 4.98 Å². The average Bonchev–Trinajstić information content (AvgIpc) is 2.44. The Morgan fingerprint density at radius 1 is 0.870 bits per heavy atom. The molecule has 0 fully saturated rings. The molecule has 0 bridgehead atoms. The molecule has 0 N–H and O–H groups in total. The molecular weight excluding hydrogens is 280 g/mol. The van der Waals surface area contributed by atoms with E-state index in [-0.39, 0.29) is 0 Å². The molecule has 0 aliphatic heterocycles. The van der Waals surface area contributed by atoms with Crippen LogP contribution < -0.4 is 0 Å². The van der Waals surface area contributed by atoms with Gasteiger partial charge in [0, 0.05) is 10.9 Å². The fourth-order valence-corrected chi connectivity index (χ4v) is 3.22. The summed E-state index contributed by atoms with van der Waals surface area (Å²) < 4.78 is 0. The van der Waals surface area contributed by atoms with Gasteiger partial charge < -0.3 is 0 Å². The first-order chi connectivity index (χ1) is 10.9. The minimum atomic E-state index is 0.647. The number of fused-ring (bicyclic) bond motifs is 1. The van der Waals surface area contributed by atoms with Crippen LogP contribution >= 0.6 is 0 Å². The zero-order valence-electron chi connectivity index (χ0n) is 14.6. The molecule has 0 saturated carbocycles. The van der Waals surface area contributed by atoms with E-state index in [1.165, 1.54) is 22.3 Å². The second-order valence-corrected chi connectivity index (χ2v) is 6.95. The van der Waals surface area contributed by atoms with E-state index in [0.717, 1.165) is 28.8 Å². The van der Waals surface area contributed by atoms with Crippen molar-refractivity contribution >= 4 is 10.9 Å². The summed E-state index contributed by atoms with van der Waals surface area (Å²) in [7, 11) is 0. The SMILES string of the molecule is Cc1cc(C)cc(-c2nc(C)nc3cc(CC(C)C)ccc23)c1. The summed E-state index contributed by atoms with van der Waals surface area (Å²) in [6.07, 6.45) is 1.08. The van der Waals surface area contributed by atoms with Crippen molar-refractivity contribution in [3.8, 4) is 11.3 Å². The van der Waals surface area contributed by atoms with Crippen LogP contribution in [-0.4, -0.2) is 9.97 Å². The Kier molecular flexibility index (Phi) is 4.16. The summed E-state index contributed by atoms with van der Waals surface area (Å²) in [4.78, 5) is 9.40. The predicted octanol–water partition coefficient (Wildman–Crippen LogP) is 5.42. The summed E-state index contributed by atoms with van der Waals surface area (Å²) >= 11 is 0. The van der Waals surface area contributed by atoms with E-state index in [0.29, 0.717) is 5.92 Å². The molecule has 1 heterocycles. The highest BCUT2D eigenvalue weighted by Crippen LogP contribution is 2.28. The van der Waals surface area contributed by atoms with Gasteiger partial charge in [0.15, 0.2) is 0 Å². The van der Waals surface area contributed by atoms with Gasteiger partial charge in [-0.1, -0.05) is 43.2 Å². The molecule has 0 spiro atoms. The molecule has 0 amide bonds. The minimum Gasteiger partial charge on any atom is -0.233 e. The third-order valence-corrected chi connectivity index (χ3v) is 4.01. The third kappa shape index (κ3) is 3.42. The van der Waals surface area contributed by atoms with Crippen molar-refractivity contribution < 1.29 is 0 Å². The number of nitrogens with zero attached hydrogens (tertiary/aromatic N) is 2. The molecule has 2 nitrogen and oxygen atoms in total. The summed E-state index contributed by atoms with van der Waals surface area (Å²) in [6, 6.07) is 13.2. The van der Waals surface area contributed by atoms with Gasteiger partial charge >= 0.3 is 0 Å². The van der Waals surface area contributed by atoms with Crippen molar-refractivity contribution in [2.75, 3.05) is 0 Å². The summed E-state index contributed by atoms with van der Waals surface area (Å²) in [5.41, 5.74) is 7.13. The monoisotopic (exact) mass is 304 g/mol. The van der Waals surface area contributed by atoms with Gasteiger partial charge in [0.1, 0.15) is 5.82 Å². The zero-order chi connectivity index (χ0) is 16.6. The van der Waals surface area contributed by atoms with E-state index in [9.17, 15) is 0 Å². The molecule has 0 unspecified atom stereocenters. The largest absolute Gasteiger partial charge is 0.233 e. The van der Waals surface area contributed by atoms with Gasteiger partial charge in [-0.3, -0.25) is 0 Å². The highest BCUT2D eigenvalue weighted by atomic mass is 14.9. The van der Waals surface area contributed by atoms with E-state index in [1.54, 1.807) is 0 Å². The lowest BCUT2D eigenvalue weighted by atomic mass is 9.98. The Bertz CT molecular complexity index is 843. The second-order valence-electron chi connectivity index (χ2n) is 6.95. The molecule has 2 heteroatoms. The maximum atomic E-state index is 4.73. The van der Waals surface area contributed by atoms with E-state index >= 15 is 0 Å². The van der Waals surface area contributed by atoms with Crippen molar-refractivity contribution in [3.05, 3.63) is 58.9 Å². The number of benzene rings is 2. The van der Waals surface area contributed by atoms with Crippen molar-refractivity contribution in [2.24, 2.45) is 5.92 Å². The molecule has 23 heavy (non-hydrogen) atoms. The number of rotatable bonds is 3. The highest BCUT2D eigenvalue weighted by molar-refractivity contribution is 5.92. The van der Waals surface area contributed by atoms with E-state index in [1.807, 2.05) is 6.92 Å². The first-order valence-electron chi connectivity index (χ1n) is 8.28. The Balaban J connectivity index is 2.20. The van der Waals surface area contributed by atoms with Crippen LogP contribution in [0.4, 0.5) is 0 Å². The molecule has 1 aromatic heterocycles. The number of aryl methyl sites for hydroxylation is 3. The van der Waals surface area contributed by atoms with Crippen molar-refractivity contribution in [3.63, 3.8) is 0 Å². The van der Waals surface area contributed by atoms with Crippen LogP contribution in [0.1, 0.15) is 36.4 Å². The molecule has 0 aliphatic rings. The van der Waals surface area contributed by atoms with Gasteiger partial charge in [0.25, 0.3) is 0 Å².